The summed E-state index contributed by atoms with van der Waals surface area (Å²) in [6.45, 7) is 4.07. The molecule has 0 saturated carbocycles. The molecule has 3 aromatic rings. The Morgan fingerprint density at radius 1 is 1.15 bits per heavy atom. The summed E-state index contributed by atoms with van der Waals surface area (Å²) in [5.74, 6) is 0.373. The van der Waals surface area contributed by atoms with Crippen molar-refractivity contribution in [2.45, 2.75) is 13.8 Å². The molecule has 0 atom stereocenters. The maximum Gasteiger partial charge on any atom is 0.225 e. The smallest absolute Gasteiger partial charge is 0.225 e. The number of hydrogen-bond donors (Lipinski definition) is 1. The highest BCUT2D eigenvalue weighted by Gasteiger charge is 2.14. The fourth-order valence-electron chi connectivity index (χ4n) is 1.98. The number of halogens is 2. The number of benzene rings is 1. The minimum absolute atomic E-state index is 0.198. The fraction of sp³-hybridized carbons (Fsp3) is 0.143. The van der Waals surface area contributed by atoms with Crippen LogP contribution >= 0.6 is 22.9 Å². The maximum absolute atomic E-state index is 12.9. The van der Waals surface area contributed by atoms with Crippen LogP contribution in [0.1, 0.15) is 10.4 Å². The molecule has 2 aromatic heterocycles. The van der Waals surface area contributed by atoms with Crippen molar-refractivity contribution in [1.82, 2.24) is 9.97 Å². The molecule has 0 spiro atoms. The first-order chi connectivity index (χ1) is 9.54. The van der Waals surface area contributed by atoms with Crippen LogP contribution in [0.2, 0.25) is 5.28 Å². The molecule has 0 fully saturated rings. The minimum Gasteiger partial charge on any atom is -0.340 e. The van der Waals surface area contributed by atoms with Crippen molar-refractivity contribution in [1.29, 1.82) is 0 Å². The van der Waals surface area contributed by atoms with Crippen LogP contribution in [0.15, 0.2) is 24.3 Å². The van der Waals surface area contributed by atoms with Crippen LogP contribution < -0.4 is 5.32 Å². The molecule has 0 aliphatic carbocycles. The quantitative estimate of drug-likeness (QED) is 0.688. The second-order valence-electron chi connectivity index (χ2n) is 4.44. The Labute approximate surface area is 124 Å². The molecule has 0 aliphatic rings. The van der Waals surface area contributed by atoms with E-state index in [0.717, 1.165) is 21.5 Å². The van der Waals surface area contributed by atoms with Crippen molar-refractivity contribution in [2.24, 2.45) is 0 Å². The maximum atomic E-state index is 12.9. The molecular formula is C14H11ClFN3S. The molecule has 20 heavy (non-hydrogen) atoms. The molecule has 0 unspecified atom stereocenters. The Morgan fingerprint density at radius 2 is 1.85 bits per heavy atom. The first-order valence-electron chi connectivity index (χ1n) is 6.00. The minimum atomic E-state index is -0.274. The summed E-state index contributed by atoms with van der Waals surface area (Å²) in [6.07, 6.45) is 0. The highest BCUT2D eigenvalue weighted by Crippen LogP contribution is 2.35. The summed E-state index contributed by atoms with van der Waals surface area (Å²) >= 11 is 7.55. The number of thiophene rings is 1. The summed E-state index contributed by atoms with van der Waals surface area (Å²) in [7, 11) is 0. The largest absolute Gasteiger partial charge is 0.340 e. The molecule has 1 aromatic carbocycles. The van der Waals surface area contributed by atoms with Gasteiger partial charge in [-0.15, -0.1) is 11.3 Å². The van der Waals surface area contributed by atoms with Crippen LogP contribution in [0.4, 0.5) is 15.9 Å². The van der Waals surface area contributed by atoms with Gasteiger partial charge in [0, 0.05) is 10.6 Å². The van der Waals surface area contributed by atoms with Gasteiger partial charge < -0.3 is 5.32 Å². The predicted molar refractivity (Wildman–Crippen MR) is 81.6 cm³/mol. The van der Waals surface area contributed by atoms with E-state index in [0.29, 0.717) is 5.82 Å². The van der Waals surface area contributed by atoms with E-state index in [9.17, 15) is 4.39 Å². The fourth-order valence-corrected chi connectivity index (χ4v) is 3.23. The van der Waals surface area contributed by atoms with E-state index in [4.69, 9.17) is 11.6 Å². The number of nitrogens with zero attached hydrogens (tertiary/aromatic N) is 2. The Bertz CT molecular complexity index is 783. The van der Waals surface area contributed by atoms with E-state index in [2.05, 4.69) is 15.3 Å². The predicted octanol–water partition coefficient (Wildman–Crippen LogP) is 4.84. The Balaban J connectivity index is 2.12. The van der Waals surface area contributed by atoms with E-state index in [1.165, 1.54) is 17.0 Å². The molecule has 1 N–H and O–H groups in total. The molecule has 0 aliphatic heterocycles. The molecule has 0 saturated heterocycles. The Kier molecular flexibility index (Phi) is 3.31. The Hall–Kier alpha value is -1.72. The van der Waals surface area contributed by atoms with E-state index in [1.807, 2.05) is 13.8 Å². The van der Waals surface area contributed by atoms with Crippen LogP contribution in [-0.4, -0.2) is 9.97 Å². The third-order valence-electron chi connectivity index (χ3n) is 3.11. The number of aryl methyl sites for hydroxylation is 2. The highest BCUT2D eigenvalue weighted by atomic mass is 35.5. The molecule has 2 heterocycles. The van der Waals surface area contributed by atoms with Crippen molar-refractivity contribution < 1.29 is 4.39 Å². The molecule has 0 bridgehead atoms. The van der Waals surface area contributed by atoms with Gasteiger partial charge in [0.15, 0.2) is 0 Å². The summed E-state index contributed by atoms with van der Waals surface area (Å²) in [4.78, 5) is 10.5. The normalized spacial score (nSPS) is 11.0. The van der Waals surface area contributed by atoms with Gasteiger partial charge in [-0.05, 0) is 55.3 Å². The second-order valence-corrected chi connectivity index (χ2v) is 5.98. The standard InChI is InChI=1S/C14H11ClFN3S/c1-7-8(2)20-13-11(7)12(18-14(15)19-13)17-10-5-3-9(16)4-6-10/h3-6H,1-2H3,(H,17,18,19). The van der Waals surface area contributed by atoms with E-state index < -0.39 is 0 Å². The van der Waals surface area contributed by atoms with Gasteiger partial charge in [-0.2, -0.15) is 4.98 Å². The van der Waals surface area contributed by atoms with Crippen molar-refractivity contribution in [2.75, 3.05) is 5.32 Å². The lowest BCUT2D eigenvalue weighted by Gasteiger charge is -2.08. The summed E-state index contributed by atoms with van der Waals surface area (Å²) in [5, 5.41) is 4.33. The van der Waals surface area contributed by atoms with Crippen LogP contribution in [0.5, 0.6) is 0 Å². The molecular weight excluding hydrogens is 297 g/mol. The molecule has 0 radical (unpaired) electrons. The van der Waals surface area contributed by atoms with Gasteiger partial charge in [0.05, 0.1) is 5.39 Å². The third kappa shape index (κ3) is 2.34. The summed E-state index contributed by atoms with van der Waals surface area (Å²) in [6, 6.07) is 6.11. The van der Waals surface area contributed by atoms with Gasteiger partial charge in [-0.1, -0.05) is 0 Å². The van der Waals surface area contributed by atoms with Gasteiger partial charge in [0.25, 0.3) is 0 Å². The van der Waals surface area contributed by atoms with Crippen LogP contribution in [-0.2, 0) is 0 Å². The molecule has 3 rings (SSSR count). The van der Waals surface area contributed by atoms with Crippen molar-refractivity contribution in [3.63, 3.8) is 0 Å². The second kappa shape index (κ2) is 5.00. The van der Waals surface area contributed by atoms with E-state index >= 15 is 0 Å². The zero-order chi connectivity index (χ0) is 14.3. The van der Waals surface area contributed by atoms with Crippen LogP contribution in [0.25, 0.3) is 10.2 Å². The average molecular weight is 308 g/mol. The lowest BCUT2D eigenvalue weighted by Crippen LogP contribution is -1.96. The van der Waals surface area contributed by atoms with Crippen molar-refractivity contribution >= 4 is 44.7 Å². The molecule has 6 heteroatoms. The van der Waals surface area contributed by atoms with Gasteiger partial charge in [0.1, 0.15) is 16.5 Å². The van der Waals surface area contributed by atoms with Crippen LogP contribution in [0.3, 0.4) is 0 Å². The number of nitrogens with one attached hydrogen (secondary N) is 1. The van der Waals surface area contributed by atoms with Gasteiger partial charge >= 0.3 is 0 Å². The number of aromatic nitrogens is 2. The number of rotatable bonds is 2. The summed E-state index contributed by atoms with van der Waals surface area (Å²) in [5.41, 5.74) is 1.89. The summed E-state index contributed by atoms with van der Waals surface area (Å²) < 4.78 is 12.9. The molecule has 102 valence electrons. The lowest BCUT2D eigenvalue weighted by molar-refractivity contribution is 0.628. The van der Waals surface area contributed by atoms with Gasteiger partial charge in [-0.25, -0.2) is 9.37 Å². The first-order valence-corrected chi connectivity index (χ1v) is 7.20. The van der Waals surface area contributed by atoms with E-state index in [1.54, 1.807) is 23.5 Å². The number of anilines is 2. The van der Waals surface area contributed by atoms with Gasteiger partial charge in [-0.3, -0.25) is 0 Å². The zero-order valence-corrected chi connectivity index (χ0v) is 12.4. The van der Waals surface area contributed by atoms with Crippen LogP contribution in [0, 0.1) is 19.7 Å². The number of hydrogen-bond acceptors (Lipinski definition) is 4. The van der Waals surface area contributed by atoms with E-state index in [-0.39, 0.29) is 11.1 Å². The molecule has 3 nitrogen and oxygen atoms in total. The van der Waals surface area contributed by atoms with Gasteiger partial charge in [0.2, 0.25) is 5.28 Å². The average Bonchev–Trinajstić information content (AvgIpc) is 2.67. The third-order valence-corrected chi connectivity index (χ3v) is 4.38. The highest BCUT2D eigenvalue weighted by molar-refractivity contribution is 7.18. The lowest BCUT2D eigenvalue weighted by atomic mass is 10.2. The SMILES string of the molecule is Cc1sc2nc(Cl)nc(Nc3ccc(F)cc3)c2c1C. The van der Waals surface area contributed by atoms with Crippen molar-refractivity contribution in [3.8, 4) is 0 Å². The monoisotopic (exact) mass is 307 g/mol. The Morgan fingerprint density at radius 3 is 2.55 bits per heavy atom. The number of fused-ring (bicyclic) bond motifs is 1. The first kappa shape index (κ1) is 13.3. The molecule has 0 amide bonds. The zero-order valence-electron chi connectivity index (χ0n) is 10.9. The topological polar surface area (TPSA) is 37.8 Å². The van der Waals surface area contributed by atoms with Crippen molar-refractivity contribution in [3.05, 3.63) is 45.8 Å².